The summed E-state index contributed by atoms with van der Waals surface area (Å²) < 4.78 is 5.28. The topological polar surface area (TPSA) is 9.23 Å². The monoisotopic (exact) mass is 214 g/mol. The van der Waals surface area contributed by atoms with E-state index in [1.807, 2.05) is 24.3 Å². The van der Waals surface area contributed by atoms with E-state index in [1.165, 1.54) is 25.5 Å². The molecule has 0 radical (unpaired) electrons. The van der Waals surface area contributed by atoms with Gasteiger partial charge in [0, 0.05) is 6.42 Å². The standard InChI is InChI=1S/C15H18O/c1-3-5-6-7-8-11-14-12-9-10-13-15(14)16-4-2/h4,9-10,12-13H,2-3,5-7H2,1H3. The maximum atomic E-state index is 5.28. The Bertz CT molecular complexity index is 382. The van der Waals surface area contributed by atoms with Crippen molar-refractivity contribution in [3.8, 4) is 17.6 Å². The van der Waals surface area contributed by atoms with Gasteiger partial charge in [-0.2, -0.15) is 0 Å². The highest BCUT2D eigenvalue weighted by Crippen LogP contribution is 2.16. The molecule has 0 N–H and O–H groups in total. The number of ether oxygens (including phenoxy) is 1. The molecule has 84 valence electrons. The predicted molar refractivity (Wildman–Crippen MR) is 68.3 cm³/mol. The molecule has 16 heavy (non-hydrogen) atoms. The van der Waals surface area contributed by atoms with Gasteiger partial charge < -0.3 is 4.74 Å². The van der Waals surface area contributed by atoms with Crippen LogP contribution in [0, 0.1) is 11.8 Å². The molecular weight excluding hydrogens is 196 g/mol. The highest BCUT2D eigenvalue weighted by atomic mass is 16.5. The molecule has 0 amide bonds. The maximum Gasteiger partial charge on any atom is 0.142 e. The third-order valence-corrected chi connectivity index (χ3v) is 2.23. The fourth-order valence-electron chi connectivity index (χ4n) is 1.38. The molecule has 0 heterocycles. The first-order valence-corrected chi connectivity index (χ1v) is 5.74. The van der Waals surface area contributed by atoms with Gasteiger partial charge in [0.25, 0.3) is 0 Å². The van der Waals surface area contributed by atoms with Crippen LogP contribution in [0.1, 0.15) is 38.2 Å². The summed E-state index contributed by atoms with van der Waals surface area (Å²) in [5.74, 6) is 7.08. The summed E-state index contributed by atoms with van der Waals surface area (Å²) in [6.07, 6.45) is 6.04. The Kier molecular flexibility index (Phi) is 5.88. The number of rotatable bonds is 5. The van der Waals surface area contributed by atoms with Crippen LogP contribution in [0.3, 0.4) is 0 Å². The second-order valence-electron chi connectivity index (χ2n) is 3.54. The lowest BCUT2D eigenvalue weighted by molar-refractivity contribution is 0.482. The summed E-state index contributed by atoms with van der Waals surface area (Å²) >= 11 is 0. The number of unbranched alkanes of at least 4 members (excludes halogenated alkanes) is 3. The molecule has 1 aromatic carbocycles. The van der Waals surface area contributed by atoms with Crippen molar-refractivity contribution < 1.29 is 4.74 Å². The van der Waals surface area contributed by atoms with Gasteiger partial charge in [-0.15, -0.1) is 0 Å². The Balaban J connectivity index is 2.60. The van der Waals surface area contributed by atoms with Crippen molar-refractivity contribution >= 4 is 0 Å². The number of hydrogen-bond acceptors (Lipinski definition) is 1. The van der Waals surface area contributed by atoms with Crippen molar-refractivity contribution in [2.75, 3.05) is 0 Å². The highest BCUT2D eigenvalue weighted by molar-refractivity contribution is 5.46. The van der Waals surface area contributed by atoms with Crippen molar-refractivity contribution in [1.29, 1.82) is 0 Å². The Morgan fingerprint density at radius 2 is 2.12 bits per heavy atom. The normalized spacial score (nSPS) is 9.06. The minimum atomic E-state index is 0.778. The maximum absolute atomic E-state index is 5.28. The van der Waals surface area contributed by atoms with E-state index < -0.39 is 0 Å². The number of benzene rings is 1. The second-order valence-corrected chi connectivity index (χ2v) is 3.54. The summed E-state index contributed by atoms with van der Waals surface area (Å²) in [6.45, 7) is 5.74. The zero-order valence-corrected chi connectivity index (χ0v) is 9.83. The quantitative estimate of drug-likeness (QED) is 0.406. The summed E-state index contributed by atoms with van der Waals surface area (Å²) in [6, 6.07) is 7.76. The third-order valence-electron chi connectivity index (χ3n) is 2.23. The van der Waals surface area contributed by atoms with Crippen LogP contribution in [0.4, 0.5) is 0 Å². The average molecular weight is 214 g/mol. The molecule has 0 aromatic heterocycles. The molecule has 0 saturated carbocycles. The highest BCUT2D eigenvalue weighted by Gasteiger charge is 1.96. The van der Waals surface area contributed by atoms with Crippen molar-refractivity contribution in [2.45, 2.75) is 32.6 Å². The number of hydrogen-bond donors (Lipinski definition) is 0. The van der Waals surface area contributed by atoms with Crippen LogP contribution in [0.5, 0.6) is 5.75 Å². The zero-order valence-electron chi connectivity index (χ0n) is 9.83. The average Bonchev–Trinajstić information content (AvgIpc) is 2.31. The van der Waals surface area contributed by atoms with Crippen molar-refractivity contribution in [3.63, 3.8) is 0 Å². The van der Waals surface area contributed by atoms with E-state index in [4.69, 9.17) is 4.74 Å². The zero-order chi connectivity index (χ0) is 11.6. The summed E-state index contributed by atoms with van der Waals surface area (Å²) in [5, 5.41) is 0. The first-order valence-electron chi connectivity index (χ1n) is 5.74. The van der Waals surface area contributed by atoms with Crippen molar-refractivity contribution in [2.24, 2.45) is 0 Å². The number of para-hydroxylation sites is 1. The molecular formula is C15H18O. The van der Waals surface area contributed by atoms with Crippen LogP contribution in [-0.2, 0) is 0 Å². The predicted octanol–water partition coefficient (Wildman–Crippen LogP) is 4.14. The molecule has 1 rings (SSSR count). The Morgan fingerprint density at radius 3 is 2.88 bits per heavy atom. The van der Waals surface area contributed by atoms with Crippen LogP contribution in [0.2, 0.25) is 0 Å². The van der Waals surface area contributed by atoms with Crippen LogP contribution >= 0.6 is 0 Å². The van der Waals surface area contributed by atoms with E-state index in [2.05, 4.69) is 25.3 Å². The van der Waals surface area contributed by atoms with Gasteiger partial charge >= 0.3 is 0 Å². The Morgan fingerprint density at radius 1 is 1.31 bits per heavy atom. The van der Waals surface area contributed by atoms with Crippen LogP contribution in [0.25, 0.3) is 0 Å². The summed E-state index contributed by atoms with van der Waals surface area (Å²) in [7, 11) is 0. The van der Waals surface area contributed by atoms with Gasteiger partial charge in [-0.3, -0.25) is 0 Å². The van der Waals surface area contributed by atoms with Gasteiger partial charge in [-0.25, -0.2) is 0 Å². The summed E-state index contributed by atoms with van der Waals surface area (Å²) in [5.41, 5.74) is 0.930. The SMILES string of the molecule is C=COc1ccccc1C#CCCCCC. The van der Waals surface area contributed by atoms with E-state index >= 15 is 0 Å². The van der Waals surface area contributed by atoms with E-state index in [9.17, 15) is 0 Å². The van der Waals surface area contributed by atoms with Gasteiger partial charge in [-0.1, -0.05) is 50.3 Å². The van der Waals surface area contributed by atoms with E-state index in [1.54, 1.807) is 0 Å². The Hall–Kier alpha value is -1.68. The molecule has 0 aliphatic heterocycles. The lowest BCUT2D eigenvalue weighted by atomic mass is 10.1. The lowest BCUT2D eigenvalue weighted by Gasteiger charge is -2.01. The second kappa shape index (κ2) is 7.59. The minimum Gasteiger partial charge on any atom is -0.464 e. The van der Waals surface area contributed by atoms with E-state index in [0.29, 0.717) is 0 Å². The first-order chi connectivity index (χ1) is 7.88. The molecule has 0 aliphatic rings. The largest absolute Gasteiger partial charge is 0.464 e. The van der Waals surface area contributed by atoms with Crippen molar-refractivity contribution in [3.05, 3.63) is 42.7 Å². The third kappa shape index (κ3) is 4.23. The fourth-order valence-corrected chi connectivity index (χ4v) is 1.38. The molecule has 0 aliphatic carbocycles. The molecule has 0 spiro atoms. The smallest absolute Gasteiger partial charge is 0.142 e. The van der Waals surface area contributed by atoms with Gasteiger partial charge in [0.2, 0.25) is 0 Å². The molecule has 0 fully saturated rings. The lowest BCUT2D eigenvalue weighted by Crippen LogP contribution is -1.85. The molecule has 1 aromatic rings. The minimum absolute atomic E-state index is 0.778. The van der Waals surface area contributed by atoms with Crippen LogP contribution in [0.15, 0.2) is 37.1 Å². The first kappa shape index (κ1) is 12.4. The van der Waals surface area contributed by atoms with Crippen LogP contribution < -0.4 is 4.74 Å². The Labute approximate surface area is 98.1 Å². The van der Waals surface area contributed by atoms with Gasteiger partial charge in [0.05, 0.1) is 11.8 Å². The summed E-state index contributed by atoms with van der Waals surface area (Å²) in [4.78, 5) is 0. The van der Waals surface area contributed by atoms with Crippen molar-refractivity contribution in [1.82, 2.24) is 0 Å². The molecule has 0 bridgehead atoms. The fraction of sp³-hybridized carbons (Fsp3) is 0.333. The van der Waals surface area contributed by atoms with Gasteiger partial charge in [-0.05, 0) is 18.6 Å². The van der Waals surface area contributed by atoms with Crippen LogP contribution in [-0.4, -0.2) is 0 Å². The molecule has 1 heteroatoms. The van der Waals surface area contributed by atoms with E-state index in [-0.39, 0.29) is 0 Å². The van der Waals surface area contributed by atoms with E-state index in [0.717, 1.165) is 17.7 Å². The molecule has 0 unspecified atom stereocenters. The molecule has 0 saturated heterocycles. The van der Waals surface area contributed by atoms with Gasteiger partial charge in [0.1, 0.15) is 5.75 Å². The molecule has 1 nitrogen and oxygen atoms in total. The van der Waals surface area contributed by atoms with Gasteiger partial charge in [0.15, 0.2) is 0 Å². The molecule has 0 atom stereocenters.